The molecule has 7 nitrogen and oxygen atoms in total. The summed E-state index contributed by atoms with van der Waals surface area (Å²) in [4.78, 5) is 26.4. The molecule has 130 valence electrons. The van der Waals surface area contributed by atoms with Crippen molar-refractivity contribution >= 4 is 50.1 Å². The van der Waals surface area contributed by atoms with Crippen LogP contribution in [0.4, 0.5) is 0 Å². The van der Waals surface area contributed by atoms with Crippen LogP contribution in [0.15, 0.2) is 29.4 Å². The second-order valence-electron chi connectivity index (χ2n) is 6.04. The molecule has 1 aromatic carbocycles. The highest BCUT2D eigenvalue weighted by Crippen LogP contribution is 2.29. The molecule has 2 aromatic heterocycles. The molecule has 2 amide bonds. The van der Waals surface area contributed by atoms with Gasteiger partial charge in [-0.05, 0) is 25.0 Å². The third kappa shape index (κ3) is 3.09. The Morgan fingerprint density at radius 3 is 3.00 bits per heavy atom. The third-order valence-corrected chi connectivity index (χ3v) is 6.34. The number of fused-ring (bicyclic) bond motifs is 3. The number of nitrogens with zero attached hydrogens (tertiary/aromatic N) is 4. The van der Waals surface area contributed by atoms with E-state index >= 15 is 0 Å². The molecule has 0 aliphatic carbocycles. The first-order chi connectivity index (χ1) is 12.1. The molecule has 25 heavy (non-hydrogen) atoms. The minimum atomic E-state index is -0.325. The van der Waals surface area contributed by atoms with Crippen LogP contribution in [-0.2, 0) is 9.59 Å². The van der Waals surface area contributed by atoms with Gasteiger partial charge in [-0.25, -0.2) is 0 Å². The summed E-state index contributed by atoms with van der Waals surface area (Å²) >= 11 is 2.95. The molecule has 1 fully saturated rings. The van der Waals surface area contributed by atoms with E-state index in [0.717, 1.165) is 28.0 Å². The van der Waals surface area contributed by atoms with Crippen LogP contribution in [0.2, 0.25) is 0 Å². The lowest BCUT2D eigenvalue weighted by molar-refractivity contribution is -0.132. The molecule has 9 heteroatoms. The SMILES string of the molecule is NC(=O)C1CCCN(C(=O)CSc2nnc3sc4ccccc4n23)C1. The predicted octanol–water partition coefficient (Wildman–Crippen LogP) is 1.76. The first-order valence-corrected chi connectivity index (χ1v) is 9.86. The Morgan fingerprint density at radius 1 is 1.32 bits per heavy atom. The number of hydrogen-bond donors (Lipinski definition) is 1. The number of primary amides is 1. The van der Waals surface area contributed by atoms with Gasteiger partial charge in [0.25, 0.3) is 0 Å². The summed E-state index contributed by atoms with van der Waals surface area (Å²) in [5, 5.41) is 9.13. The maximum Gasteiger partial charge on any atom is 0.233 e. The molecule has 2 N–H and O–H groups in total. The van der Waals surface area contributed by atoms with E-state index in [0.29, 0.717) is 18.2 Å². The Hall–Kier alpha value is -2.13. The van der Waals surface area contributed by atoms with Gasteiger partial charge >= 0.3 is 0 Å². The van der Waals surface area contributed by atoms with Gasteiger partial charge in [-0.2, -0.15) is 0 Å². The highest BCUT2D eigenvalue weighted by molar-refractivity contribution is 7.99. The Balaban J connectivity index is 1.48. The Labute approximate surface area is 152 Å². The lowest BCUT2D eigenvalue weighted by Gasteiger charge is -2.31. The van der Waals surface area contributed by atoms with E-state index in [1.54, 1.807) is 16.2 Å². The first-order valence-electron chi connectivity index (χ1n) is 8.06. The van der Waals surface area contributed by atoms with Gasteiger partial charge in [0.2, 0.25) is 16.8 Å². The van der Waals surface area contributed by atoms with Crippen LogP contribution in [0.1, 0.15) is 12.8 Å². The Morgan fingerprint density at radius 2 is 2.16 bits per heavy atom. The molecule has 0 radical (unpaired) electrons. The van der Waals surface area contributed by atoms with Crippen LogP contribution in [0.3, 0.4) is 0 Å². The maximum atomic E-state index is 12.5. The number of carbonyl (C=O) groups excluding carboxylic acids is 2. The van der Waals surface area contributed by atoms with Crippen LogP contribution in [-0.4, -0.2) is 50.2 Å². The van der Waals surface area contributed by atoms with E-state index in [2.05, 4.69) is 10.2 Å². The molecule has 1 aliphatic heterocycles. The van der Waals surface area contributed by atoms with E-state index in [1.807, 2.05) is 28.7 Å². The number of para-hydroxylation sites is 1. The number of nitrogens with two attached hydrogens (primary N) is 1. The highest BCUT2D eigenvalue weighted by atomic mass is 32.2. The van der Waals surface area contributed by atoms with Gasteiger partial charge in [0.05, 0.1) is 21.9 Å². The number of hydrogen-bond acceptors (Lipinski definition) is 6. The van der Waals surface area contributed by atoms with Crippen molar-refractivity contribution in [2.24, 2.45) is 11.7 Å². The quantitative estimate of drug-likeness (QED) is 0.701. The average molecular weight is 375 g/mol. The molecule has 0 bridgehead atoms. The fourth-order valence-electron chi connectivity index (χ4n) is 3.10. The van der Waals surface area contributed by atoms with E-state index in [4.69, 9.17) is 5.73 Å². The third-order valence-electron chi connectivity index (χ3n) is 4.41. The Bertz CT molecular complexity index is 950. The smallest absolute Gasteiger partial charge is 0.233 e. The monoisotopic (exact) mass is 375 g/mol. The first kappa shape index (κ1) is 16.3. The summed E-state index contributed by atoms with van der Waals surface area (Å²) in [7, 11) is 0. The number of thioether (sulfide) groups is 1. The van der Waals surface area contributed by atoms with Crippen LogP contribution in [0.5, 0.6) is 0 Å². The minimum absolute atomic E-state index is 0.00670. The molecule has 1 saturated heterocycles. The molecule has 1 aliphatic rings. The topological polar surface area (TPSA) is 93.6 Å². The van der Waals surface area contributed by atoms with Crippen molar-refractivity contribution in [3.8, 4) is 0 Å². The van der Waals surface area contributed by atoms with E-state index < -0.39 is 0 Å². The standard InChI is InChI=1S/C16H17N5O2S2/c17-14(23)10-4-3-7-20(8-10)13(22)9-24-15-18-19-16-21(15)11-5-1-2-6-12(11)25-16/h1-2,5-6,10H,3-4,7-9H2,(H2,17,23). The number of rotatable bonds is 4. The predicted molar refractivity (Wildman–Crippen MR) is 97.6 cm³/mol. The van der Waals surface area contributed by atoms with Crippen LogP contribution >= 0.6 is 23.1 Å². The summed E-state index contributed by atoms with van der Waals surface area (Å²) in [6.45, 7) is 1.10. The molecule has 1 unspecified atom stereocenters. The van der Waals surface area contributed by atoms with Crippen molar-refractivity contribution in [1.82, 2.24) is 19.5 Å². The molecule has 1 atom stereocenters. The zero-order valence-electron chi connectivity index (χ0n) is 13.4. The number of aromatic nitrogens is 3. The number of likely N-dealkylation sites (tertiary alicyclic amines) is 1. The molecular weight excluding hydrogens is 358 g/mol. The minimum Gasteiger partial charge on any atom is -0.369 e. The summed E-state index contributed by atoms with van der Waals surface area (Å²) in [6, 6.07) is 8.04. The van der Waals surface area contributed by atoms with Crippen LogP contribution in [0.25, 0.3) is 15.2 Å². The van der Waals surface area contributed by atoms with Crippen LogP contribution < -0.4 is 5.73 Å². The van der Waals surface area contributed by atoms with Gasteiger partial charge in [-0.3, -0.25) is 14.0 Å². The van der Waals surface area contributed by atoms with Gasteiger partial charge in [0.1, 0.15) is 0 Å². The van der Waals surface area contributed by atoms with Gasteiger partial charge in [-0.1, -0.05) is 35.2 Å². The summed E-state index contributed by atoms with van der Waals surface area (Å²) < 4.78 is 3.13. The second-order valence-corrected chi connectivity index (χ2v) is 7.99. The van der Waals surface area contributed by atoms with Gasteiger partial charge in [0.15, 0.2) is 5.16 Å². The largest absolute Gasteiger partial charge is 0.369 e. The lowest BCUT2D eigenvalue weighted by Crippen LogP contribution is -2.44. The molecule has 4 rings (SSSR count). The molecule has 3 aromatic rings. The fraction of sp³-hybridized carbons (Fsp3) is 0.375. The number of amides is 2. The maximum absolute atomic E-state index is 12.5. The normalized spacial score (nSPS) is 18.1. The van der Waals surface area contributed by atoms with Crippen molar-refractivity contribution in [2.45, 2.75) is 18.0 Å². The number of carbonyl (C=O) groups is 2. The van der Waals surface area contributed by atoms with E-state index in [-0.39, 0.29) is 23.5 Å². The van der Waals surface area contributed by atoms with Gasteiger partial charge < -0.3 is 10.6 Å². The highest BCUT2D eigenvalue weighted by Gasteiger charge is 2.27. The summed E-state index contributed by atoms with van der Waals surface area (Å²) in [5.41, 5.74) is 6.43. The molecule has 0 saturated carbocycles. The number of piperidine rings is 1. The second kappa shape index (κ2) is 6.64. The Kier molecular flexibility index (Phi) is 4.34. The summed E-state index contributed by atoms with van der Waals surface area (Å²) in [5.74, 6) is -0.277. The fourth-order valence-corrected chi connectivity index (χ4v) is 4.97. The van der Waals surface area contributed by atoms with Gasteiger partial charge in [0, 0.05) is 13.1 Å². The summed E-state index contributed by atoms with van der Waals surface area (Å²) in [6.07, 6.45) is 1.58. The zero-order valence-corrected chi connectivity index (χ0v) is 15.1. The van der Waals surface area contributed by atoms with Crippen LogP contribution in [0, 0.1) is 5.92 Å². The van der Waals surface area contributed by atoms with Crippen molar-refractivity contribution < 1.29 is 9.59 Å². The average Bonchev–Trinajstić information content (AvgIpc) is 3.19. The van der Waals surface area contributed by atoms with E-state index in [9.17, 15) is 9.59 Å². The lowest BCUT2D eigenvalue weighted by atomic mass is 9.97. The number of thiazole rings is 1. The molecular formula is C16H17N5O2S2. The van der Waals surface area contributed by atoms with Gasteiger partial charge in [-0.15, -0.1) is 10.2 Å². The van der Waals surface area contributed by atoms with Crippen molar-refractivity contribution in [2.75, 3.05) is 18.8 Å². The van der Waals surface area contributed by atoms with Crippen molar-refractivity contribution in [1.29, 1.82) is 0 Å². The number of benzene rings is 1. The molecule has 0 spiro atoms. The van der Waals surface area contributed by atoms with E-state index in [1.165, 1.54) is 11.8 Å². The van der Waals surface area contributed by atoms with Crippen molar-refractivity contribution in [3.05, 3.63) is 24.3 Å². The molecule has 3 heterocycles. The van der Waals surface area contributed by atoms with Crippen molar-refractivity contribution in [3.63, 3.8) is 0 Å². The zero-order chi connectivity index (χ0) is 17.4.